The number of hydrogen-bond acceptors (Lipinski definition) is 5. The molecule has 0 fully saturated rings. The van der Waals surface area contributed by atoms with Gasteiger partial charge in [-0.2, -0.15) is 0 Å². The highest BCUT2D eigenvalue weighted by molar-refractivity contribution is 5.96. The van der Waals surface area contributed by atoms with Crippen LogP contribution in [0.1, 0.15) is 11.1 Å². The van der Waals surface area contributed by atoms with Crippen molar-refractivity contribution in [3.63, 3.8) is 0 Å². The Bertz CT molecular complexity index is 1060. The molecule has 0 saturated heterocycles. The van der Waals surface area contributed by atoms with Gasteiger partial charge in [0.25, 0.3) is 11.6 Å². The van der Waals surface area contributed by atoms with Crippen molar-refractivity contribution >= 4 is 29.3 Å². The molecule has 0 radical (unpaired) electrons. The van der Waals surface area contributed by atoms with Crippen LogP contribution in [0.5, 0.6) is 0 Å². The van der Waals surface area contributed by atoms with E-state index >= 15 is 0 Å². The molecule has 0 saturated carbocycles. The topological polar surface area (TPSA) is 89.7 Å². The van der Waals surface area contributed by atoms with Gasteiger partial charge in [-0.1, -0.05) is 48.5 Å². The maximum atomic E-state index is 12.8. The summed E-state index contributed by atoms with van der Waals surface area (Å²) in [5.74, 6) is -1.04. The third-order valence-electron chi connectivity index (χ3n) is 4.41. The summed E-state index contributed by atoms with van der Waals surface area (Å²) in [4.78, 5) is 36.6. The molecule has 0 aliphatic heterocycles. The number of anilines is 1. The number of nitrogens with zero attached hydrogens (tertiary/aromatic N) is 2. The van der Waals surface area contributed by atoms with Gasteiger partial charge in [-0.05, 0) is 41.5 Å². The van der Waals surface area contributed by atoms with Gasteiger partial charge in [-0.15, -0.1) is 0 Å². The van der Waals surface area contributed by atoms with Gasteiger partial charge < -0.3 is 9.64 Å². The van der Waals surface area contributed by atoms with Gasteiger partial charge in [0.15, 0.2) is 6.61 Å². The molecule has 0 aromatic heterocycles. The smallest absolute Gasteiger partial charge is 0.331 e. The minimum Gasteiger partial charge on any atom is -0.452 e. The van der Waals surface area contributed by atoms with E-state index in [-0.39, 0.29) is 11.6 Å². The first-order valence-corrected chi connectivity index (χ1v) is 9.51. The number of ether oxygens (including phenoxy) is 1. The van der Waals surface area contributed by atoms with Crippen LogP contribution in [0.3, 0.4) is 0 Å². The molecule has 156 valence electrons. The van der Waals surface area contributed by atoms with Crippen LogP contribution in [0.15, 0.2) is 91.0 Å². The zero-order valence-electron chi connectivity index (χ0n) is 16.6. The highest BCUT2D eigenvalue weighted by Crippen LogP contribution is 2.17. The largest absolute Gasteiger partial charge is 0.452 e. The van der Waals surface area contributed by atoms with Crippen molar-refractivity contribution < 1.29 is 19.2 Å². The average Bonchev–Trinajstić information content (AvgIpc) is 2.81. The monoisotopic (exact) mass is 416 g/mol. The van der Waals surface area contributed by atoms with Gasteiger partial charge in [0.2, 0.25) is 0 Å². The second-order valence-corrected chi connectivity index (χ2v) is 6.59. The van der Waals surface area contributed by atoms with Gasteiger partial charge in [-0.25, -0.2) is 4.79 Å². The predicted molar refractivity (Wildman–Crippen MR) is 117 cm³/mol. The van der Waals surface area contributed by atoms with Crippen LogP contribution in [0.4, 0.5) is 11.4 Å². The van der Waals surface area contributed by atoms with Crippen molar-refractivity contribution in [2.45, 2.75) is 6.54 Å². The number of carbonyl (C=O) groups excluding carboxylic acids is 2. The molecule has 0 spiro atoms. The summed E-state index contributed by atoms with van der Waals surface area (Å²) >= 11 is 0. The standard InChI is InChI=1S/C24H20N2O5/c27-23(18-31-24(28)16-13-19-11-14-22(15-12-19)26(29)30)25(21-9-5-2-6-10-21)17-20-7-3-1-4-8-20/h1-16H,17-18H2/b16-13+. The Hall–Kier alpha value is -4.26. The minimum atomic E-state index is -0.681. The number of nitro benzene ring substituents is 1. The van der Waals surface area contributed by atoms with Gasteiger partial charge >= 0.3 is 5.97 Å². The second-order valence-electron chi connectivity index (χ2n) is 6.59. The molecule has 7 nitrogen and oxygen atoms in total. The molecule has 3 aromatic rings. The van der Waals surface area contributed by atoms with Crippen LogP contribution in [-0.4, -0.2) is 23.4 Å². The highest BCUT2D eigenvalue weighted by Gasteiger charge is 2.17. The Kier molecular flexibility index (Phi) is 7.26. The Labute approximate surface area is 179 Å². The number of benzene rings is 3. The van der Waals surface area contributed by atoms with Crippen LogP contribution in [-0.2, 0) is 20.9 Å². The van der Waals surface area contributed by atoms with Crippen LogP contribution in [0.25, 0.3) is 6.08 Å². The fraction of sp³-hybridized carbons (Fsp3) is 0.0833. The molecule has 31 heavy (non-hydrogen) atoms. The van der Waals surface area contributed by atoms with E-state index in [1.54, 1.807) is 4.90 Å². The van der Waals surface area contributed by atoms with E-state index in [0.717, 1.165) is 5.56 Å². The fourth-order valence-corrected chi connectivity index (χ4v) is 2.83. The molecule has 0 N–H and O–H groups in total. The van der Waals surface area contributed by atoms with Crippen molar-refractivity contribution in [1.82, 2.24) is 0 Å². The Morgan fingerprint density at radius 1 is 0.903 bits per heavy atom. The molecule has 3 rings (SSSR count). The lowest BCUT2D eigenvalue weighted by atomic mass is 10.2. The number of non-ortho nitro benzene ring substituents is 1. The van der Waals surface area contributed by atoms with Gasteiger partial charge in [0.05, 0.1) is 11.5 Å². The maximum absolute atomic E-state index is 12.8. The fourth-order valence-electron chi connectivity index (χ4n) is 2.83. The molecular weight excluding hydrogens is 396 g/mol. The minimum absolute atomic E-state index is 0.0373. The lowest BCUT2D eigenvalue weighted by Gasteiger charge is -2.22. The zero-order chi connectivity index (χ0) is 22.1. The Morgan fingerprint density at radius 2 is 1.52 bits per heavy atom. The van der Waals surface area contributed by atoms with E-state index in [4.69, 9.17) is 4.74 Å². The highest BCUT2D eigenvalue weighted by atomic mass is 16.6. The third-order valence-corrected chi connectivity index (χ3v) is 4.41. The summed E-state index contributed by atoms with van der Waals surface area (Å²) in [6.07, 6.45) is 2.65. The summed E-state index contributed by atoms with van der Waals surface area (Å²) in [6, 6.07) is 24.4. The summed E-state index contributed by atoms with van der Waals surface area (Å²) < 4.78 is 5.10. The van der Waals surface area contributed by atoms with Crippen LogP contribution >= 0.6 is 0 Å². The molecule has 7 heteroatoms. The number of hydrogen-bond donors (Lipinski definition) is 0. The number of carbonyl (C=O) groups is 2. The van der Waals surface area contributed by atoms with Gasteiger partial charge in [0.1, 0.15) is 0 Å². The van der Waals surface area contributed by atoms with E-state index in [0.29, 0.717) is 17.8 Å². The average molecular weight is 416 g/mol. The van der Waals surface area contributed by atoms with Crippen molar-refractivity contribution in [2.24, 2.45) is 0 Å². The first kappa shape index (κ1) is 21.4. The number of esters is 1. The summed E-state index contributed by atoms with van der Waals surface area (Å²) in [5, 5.41) is 10.7. The molecular formula is C24H20N2O5. The van der Waals surface area contributed by atoms with E-state index in [1.807, 2.05) is 60.7 Å². The number of nitro groups is 1. The molecule has 1 amide bonds. The molecule has 0 aliphatic carbocycles. The maximum Gasteiger partial charge on any atom is 0.331 e. The van der Waals surface area contributed by atoms with Crippen LogP contribution in [0.2, 0.25) is 0 Å². The van der Waals surface area contributed by atoms with E-state index in [2.05, 4.69) is 0 Å². The van der Waals surface area contributed by atoms with Crippen molar-refractivity contribution in [3.05, 3.63) is 112 Å². The van der Waals surface area contributed by atoms with Gasteiger partial charge in [-0.3, -0.25) is 14.9 Å². The molecule has 3 aromatic carbocycles. The Morgan fingerprint density at radius 3 is 2.13 bits per heavy atom. The lowest BCUT2D eigenvalue weighted by Crippen LogP contribution is -2.34. The molecule has 0 bridgehead atoms. The Balaban J connectivity index is 1.62. The zero-order valence-corrected chi connectivity index (χ0v) is 16.6. The molecule has 0 aliphatic rings. The van der Waals surface area contributed by atoms with Crippen molar-refractivity contribution in [3.8, 4) is 0 Å². The third kappa shape index (κ3) is 6.37. The summed E-state index contributed by atoms with van der Waals surface area (Å²) in [6.45, 7) is -0.0645. The van der Waals surface area contributed by atoms with Crippen molar-refractivity contribution in [2.75, 3.05) is 11.5 Å². The molecule has 0 atom stereocenters. The van der Waals surface area contributed by atoms with E-state index in [9.17, 15) is 19.7 Å². The predicted octanol–water partition coefficient (Wildman–Crippen LogP) is 4.38. The van der Waals surface area contributed by atoms with Gasteiger partial charge in [0, 0.05) is 23.9 Å². The summed E-state index contributed by atoms with van der Waals surface area (Å²) in [5.41, 5.74) is 2.21. The lowest BCUT2D eigenvalue weighted by molar-refractivity contribution is -0.384. The summed E-state index contributed by atoms with van der Waals surface area (Å²) in [7, 11) is 0. The van der Waals surface area contributed by atoms with E-state index in [1.165, 1.54) is 36.4 Å². The number of amides is 1. The SMILES string of the molecule is O=C(/C=C/c1ccc([N+](=O)[O-])cc1)OCC(=O)N(Cc1ccccc1)c1ccccc1. The quantitative estimate of drug-likeness (QED) is 0.235. The number of para-hydroxylation sites is 1. The number of rotatable bonds is 8. The van der Waals surface area contributed by atoms with Crippen LogP contribution in [0, 0.1) is 10.1 Å². The van der Waals surface area contributed by atoms with Crippen molar-refractivity contribution in [1.29, 1.82) is 0 Å². The first-order chi connectivity index (χ1) is 15.0. The first-order valence-electron chi connectivity index (χ1n) is 9.51. The van der Waals surface area contributed by atoms with E-state index < -0.39 is 17.5 Å². The second kappa shape index (κ2) is 10.5. The normalized spacial score (nSPS) is 10.6. The molecule has 0 unspecified atom stereocenters. The molecule has 0 heterocycles. The van der Waals surface area contributed by atoms with Crippen LogP contribution < -0.4 is 4.90 Å².